The summed E-state index contributed by atoms with van der Waals surface area (Å²) in [4.78, 5) is 47.0. The molecule has 0 spiro atoms. The molecule has 0 saturated carbocycles. The van der Waals surface area contributed by atoms with E-state index in [2.05, 4.69) is 16.2 Å². The molecule has 1 saturated heterocycles. The second-order valence-electron chi connectivity index (χ2n) is 4.79. The number of carbonyl (C=O) groups is 4. The van der Waals surface area contributed by atoms with Gasteiger partial charge in [0.15, 0.2) is 0 Å². The first-order chi connectivity index (χ1) is 9.27. The molecule has 0 aromatic rings. The monoisotopic (exact) mass is 302 g/mol. The maximum absolute atomic E-state index is 11.8. The standard InChI is InChI=1S/C11H18N4O4S/c1-11(2)9(18)15(10(19)12-11)5-4-7(16)13-14-8(17)6-20-3/h4-6H2,1-3H3,(H,12,19)(H,13,16)(H,14,17). The van der Waals surface area contributed by atoms with Crippen LogP contribution in [-0.4, -0.2) is 52.7 Å². The molecule has 5 amide bonds. The molecule has 1 fully saturated rings. The maximum Gasteiger partial charge on any atom is 0.325 e. The Hall–Kier alpha value is -1.77. The molecule has 3 N–H and O–H groups in total. The number of hydrogen-bond acceptors (Lipinski definition) is 5. The van der Waals surface area contributed by atoms with Gasteiger partial charge in [0.05, 0.1) is 5.75 Å². The maximum atomic E-state index is 11.8. The van der Waals surface area contributed by atoms with Gasteiger partial charge in [0.2, 0.25) is 11.8 Å². The van der Waals surface area contributed by atoms with E-state index in [1.165, 1.54) is 11.8 Å². The highest BCUT2D eigenvalue weighted by Crippen LogP contribution is 2.16. The van der Waals surface area contributed by atoms with E-state index in [9.17, 15) is 19.2 Å². The van der Waals surface area contributed by atoms with Crippen molar-refractivity contribution in [2.45, 2.75) is 25.8 Å². The van der Waals surface area contributed by atoms with Crippen molar-refractivity contribution in [2.75, 3.05) is 18.6 Å². The Morgan fingerprint density at radius 1 is 1.25 bits per heavy atom. The second-order valence-corrected chi connectivity index (χ2v) is 5.66. The van der Waals surface area contributed by atoms with Crippen LogP contribution >= 0.6 is 11.8 Å². The van der Waals surface area contributed by atoms with E-state index in [4.69, 9.17) is 0 Å². The third-order valence-corrected chi connectivity index (χ3v) is 3.17. The summed E-state index contributed by atoms with van der Waals surface area (Å²) in [6, 6.07) is -0.515. The van der Waals surface area contributed by atoms with Gasteiger partial charge in [0, 0.05) is 13.0 Å². The third-order valence-electron chi connectivity index (χ3n) is 2.62. The fourth-order valence-electron chi connectivity index (χ4n) is 1.60. The number of thioether (sulfide) groups is 1. The number of urea groups is 1. The minimum Gasteiger partial charge on any atom is -0.324 e. The van der Waals surface area contributed by atoms with Gasteiger partial charge < -0.3 is 5.32 Å². The SMILES string of the molecule is CSCC(=O)NNC(=O)CCN1C(=O)NC(C)(C)C1=O. The molecular formula is C11H18N4O4S. The van der Waals surface area contributed by atoms with Gasteiger partial charge in [0.25, 0.3) is 5.91 Å². The number of nitrogens with zero attached hydrogens (tertiary/aromatic N) is 1. The number of carbonyl (C=O) groups excluding carboxylic acids is 4. The zero-order chi connectivity index (χ0) is 15.3. The van der Waals surface area contributed by atoms with Gasteiger partial charge in [-0.15, -0.1) is 0 Å². The van der Waals surface area contributed by atoms with E-state index in [1.54, 1.807) is 20.1 Å². The molecular weight excluding hydrogens is 284 g/mol. The largest absolute Gasteiger partial charge is 0.325 e. The molecule has 8 nitrogen and oxygen atoms in total. The van der Waals surface area contributed by atoms with Gasteiger partial charge in [-0.05, 0) is 20.1 Å². The molecule has 0 aromatic carbocycles. The van der Waals surface area contributed by atoms with Crippen molar-refractivity contribution in [1.29, 1.82) is 0 Å². The van der Waals surface area contributed by atoms with Gasteiger partial charge in [-0.25, -0.2) is 4.79 Å². The Morgan fingerprint density at radius 3 is 2.35 bits per heavy atom. The average Bonchev–Trinajstić information content (AvgIpc) is 2.54. The molecule has 0 atom stereocenters. The van der Waals surface area contributed by atoms with E-state index < -0.39 is 17.5 Å². The first-order valence-electron chi connectivity index (χ1n) is 5.98. The van der Waals surface area contributed by atoms with Crippen molar-refractivity contribution in [3.05, 3.63) is 0 Å². The van der Waals surface area contributed by atoms with Crippen LogP contribution in [0.3, 0.4) is 0 Å². The molecule has 9 heteroatoms. The van der Waals surface area contributed by atoms with Crippen molar-refractivity contribution in [3.63, 3.8) is 0 Å². The van der Waals surface area contributed by atoms with E-state index in [-0.39, 0.29) is 30.5 Å². The van der Waals surface area contributed by atoms with Crippen LogP contribution in [0.25, 0.3) is 0 Å². The van der Waals surface area contributed by atoms with Gasteiger partial charge in [-0.1, -0.05) is 0 Å². The highest BCUT2D eigenvalue weighted by Gasteiger charge is 2.43. The molecule has 0 aliphatic carbocycles. The number of nitrogens with one attached hydrogen (secondary N) is 3. The van der Waals surface area contributed by atoms with Crippen LogP contribution in [0.5, 0.6) is 0 Å². The summed E-state index contributed by atoms with van der Waals surface area (Å²) in [5.41, 5.74) is 3.51. The minimum atomic E-state index is -0.944. The van der Waals surface area contributed by atoms with Crippen LogP contribution in [0.2, 0.25) is 0 Å². The Morgan fingerprint density at radius 2 is 1.85 bits per heavy atom. The second kappa shape index (κ2) is 6.60. The number of amides is 5. The van der Waals surface area contributed by atoms with Crippen molar-refractivity contribution in [2.24, 2.45) is 0 Å². The summed E-state index contributed by atoms with van der Waals surface area (Å²) in [7, 11) is 0. The molecule has 1 aliphatic heterocycles. The molecule has 0 unspecified atom stereocenters. The molecule has 0 bridgehead atoms. The van der Waals surface area contributed by atoms with Crippen LogP contribution in [0.15, 0.2) is 0 Å². The van der Waals surface area contributed by atoms with Crippen molar-refractivity contribution in [1.82, 2.24) is 21.1 Å². The lowest BCUT2D eigenvalue weighted by molar-refractivity contribution is -0.131. The van der Waals surface area contributed by atoms with Crippen LogP contribution in [0, 0.1) is 0 Å². The van der Waals surface area contributed by atoms with Crippen LogP contribution in [0.1, 0.15) is 20.3 Å². The summed E-state index contributed by atoms with van der Waals surface area (Å²) in [6.07, 6.45) is 1.69. The van der Waals surface area contributed by atoms with Crippen molar-refractivity contribution < 1.29 is 19.2 Å². The van der Waals surface area contributed by atoms with Gasteiger partial charge >= 0.3 is 6.03 Å². The molecule has 1 aliphatic rings. The summed E-state index contributed by atoms with van der Waals surface area (Å²) < 4.78 is 0. The third kappa shape index (κ3) is 4.12. The highest BCUT2D eigenvalue weighted by atomic mass is 32.2. The van der Waals surface area contributed by atoms with Crippen molar-refractivity contribution in [3.8, 4) is 0 Å². The minimum absolute atomic E-state index is 0.0294. The lowest BCUT2D eigenvalue weighted by Crippen LogP contribution is -2.44. The summed E-state index contributed by atoms with van der Waals surface area (Å²) in [5, 5.41) is 2.52. The average molecular weight is 302 g/mol. The number of hydrazine groups is 1. The zero-order valence-corrected chi connectivity index (χ0v) is 12.4. The quantitative estimate of drug-likeness (QED) is 0.456. The topological polar surface area (TPSA) is 108 Å². The van der Waals surface area contributed by atoms with E-state index >= 15 is 0 Å². The first-order valence-corrected chi connectivity index (χ1v) is 7.38. The molecule has 1 rings (SSSR count). The summed E-state index contributed by atoms with van der Waals surface area (Å²) >= 11 is 1.33. The predicted octanol–water partition coefficient (Wildman–Crippen LogP) is -0.783. The molecule has 0 aromatic heterocycles. The summed E-state index contributed by atoms with van der Waals surface area (Å²) in [6.45, 7) is 3.16. The van der Waals surface area contributed by atoms with E-state index in [1.807, 2.05) is 0 Å². The Kier molecular flexibility index (Phi) is 5.37. The van der Waals surface area contributed by atoms with Gasteiger partial charge in [-0.3, -0.25) is 30.1 Å². The fraction of sp³-hybridized carbons (Fsp3) is 0.636. The van der Waals surface area contributed by atoms with Crippen LogP contribution in [-0.2, 0) is 14.4 Å². The molecule has 0 radical (unpaired) electrons. The Bertz CT molecular complexity index is 438. The predicted molar refractivity (Wildman–Crippen MR) is 73.6 cm³/mol. The lowest BCUT2D eigenvalue weighted by Gasteiger charge is -2.15. The van der Waals surface area contributed by atoms with Crippen LogP contribution < -0.4 is 16.2 Å². The Labute approximate surface area is 121 Å². The van der Waals surface area contributed by atoms with Gasteiger partial charge in [0.1, 0.15) is 5.54 Å². The number of rotatable bonds is 5. The van der Waals surface area contributed by atoms with E-state index in [0.29, 0.717) is 0 Å². The Balaban J connectivity index is 2.36. The molecule has 20 heavy (non-hydrogen) atoms. The normalized spacial score (nSPS) is 16.9. The smallest absolute Gasteiger partial charge is 0.324 e. The number of imide groups is 1. The molecule has 1 heterocycles. The molecule has 112 valence electrons. The first kappa shape index (κ1) is 16.3. The van der Waals surface area contributed by atoms with Gasteiger partial charge in [-0.2, -0.15) is 11.8 Å². The fourth-order valence-corrected chi connectivity index (χ4v) is 1.94. The van der Waals surface area contributed by atoms with E-state index in [0.717, 1.165) is 4.90 Å². The number of hydrogen-bond donors (Lipinski definition) is 3. The van der Waals surface area contributed by atoms with Crippen LogP contribution in [0.4, 0.5) is 4.79 Å². The lowest BCUT2D eigenvalue weighted by atomic mass is 10.1. The van der Waals surface area contributed by atoms with Crippen molar-refractivity contribution >= 4 is 35.5 Å². The summed E-state index contributed by atoms with van der Waals surface area (Å²) in [5.74, 6) is -0.921. The highest BCUT2D eigenvalue weighted by molar-refractivity contribution is 7.99. The zero-order valence-electron chi connectivity index (χ0n) is 11.6.